The Bertz CT molecular complexity index is 928. The highest BCUT2D eigenvalue weighted by molar-refractivity contribution is 7.91. The number of carbonyl (C=O) groups is 1. The molecular formula is C19H24N2O6S. The van der Waals surface area contributed by atoms with E-state index in [-0.39, 0.29) is 16.1 Å². The van der Waals surface area contributed by atoms with Gasteiger partial charge >= 0.3 is 5.97 Å². The molecule has 0 saturated heterocycles. The molecule has 2 rings (SSSR count). The summed E-state index contributed by atoms with van der Waals surface area (Å²) in [6.45, 7) is 1.15. The van der Waals surface area contributed by atoms with Crippen LogP contribution in [0.25, 0.3) is 0 Å². The number of rotatable bonds is 8. The molecule has 2 aromatic carbocycles. The summed E-state index contributed by atoms with van der Waals surface area (Å²) in [6, 6.07) is 9.57. The van der Waals surface area contributed by atoms with Crippen LogP contribution in [0, 0.1) is 6.92 Å². The number of aliphatic hydroxyl groups excluding tert-OH is 1. The lowest BCUT2D eigenvalue weighted by Gasteiger charge is -2.25. The van der Waals surface area contributed by atoms with Crippen LogP contribution in [0.4, 0.5) is 5.69 Å². The molecule has 0 aliphatic rings. The van der Waals surface area contributed by atoms with Crippen LogP contribution in [-0.4, -0.2) is 46.4 Å². The molecule has 0 saturated carbocycles. The number of aryl methyl sites for hydroxylation is 1. The third kappa shape index (κ3) is 4.61. The van der Waals surface area contributed by atoms with Crippen LogP contribution in [0.15, 0.2) is 47.4 Å². The molecule has 0 radical (unpaired) electrons. The summed E-state index contributed by atoms with van der Waals surface area (Å²) in [5, 5.41) is 10.9. The minimum Gasteiger partial charge on any atom is -0.497 e. The third-order valence-corrected chi connectivity index (χ3v) is 6.18. The van der Waals surface area contributed by atoms with Gasteiger partial charge in [0.1, 0.15) is 17.2 Å². The first kappa shape index (κ1) is 21.7. The van der Waals surface area contributed by atoms with Crippen LogP contribution < -0.4 is 15.8 Å². The maximum atomic E-state index is 13.4. The highest BCUT2D eigenvalue weighted by Crippen LogP contribution is 2.32. The maximum absolute atomic E-state index is 13.4. The molecule has 0 heterocycles. The van der Waals surface area contributed by atoms with E-state index in [9.17, 15) is 18.3 Å². The van der Waals surface area contributed by atoms with Crippen LogP contribution >= 0.6 is 0 Å². The molecule has 0 spiro atoms. The predicted octanol–water partition coefficient (Wildman–Crippen LogP) is 1.18. The number of carbonyl (C=O) groups excluding carboxylic acids is 1. The van der Waals surface area contributed by atoms with Gasteiger partial charge in [-0.3, -0.25) is 10.1 Å². The fourth-order valence-electron chi connectivity index (χ4n) is 2.69. The second-order valence-corrected chi connectivity index (χ2v) is 8.19. The second kappa shape index (κ2) is 9.05. The number of hydrogen-bond acceptors (Lipinski definition) is 8. The number of nitrogens with two attached hydrogens (primary N) is 1. The summed E-state index contributed by atoms with van der Waals surface area (Å²) in [5.74, 6) is -0.287. The summed E-state index contributed by atoms with van der Waals surface area (Å²) in [4.78, 5) is 11.9. The third-order valence-electron chi connectivity index (χ3n) is 4.24. The number of hydrogen-bond donors (Lipinski definition) is 3. The number of benzene rings is 2. The number of anilines is 1. The molecule has 4 N–H and O–H groups in total. The van der Waals surface area contributed by atoms with Crippen LogP contribution in [0.5, 0.6) is 5.75 Å². The van der Waals surface area contributed by atoms with Crippen molar-refractivity contribution in [2.45, 2.75) is 23.2 Å². The first-order valence-electron chi connectivity index (χ1n) is 8.43. The highest BCUT2D eigenvalue weighted by atomic mass is 32.2. The van der Waals surface area contributed by atoms with E-state index in [1.165, 1.54) is 31.4 Å². The Morgan fingerprint density at radius 3 is 2.36 bits per heavy atom. The molecule has 9 heteroatoms. The molecule has 0 aliphatic carbocycles. The SMILES string of the molecule is COC(=O)C(CO)NC(c1cc(C)ccc1N)S(=O)(=O)c1ccc(OC)cc1. The van der Waals surface area contributed by atoms with Gasteiger partial charge in [0.05, 0.1) is 25.7 Å². The van der Waals surface area contributed by atoms with Gasteiger partial charge in [-0.15, -0.1) is 0 Å². The number of methoxy groups -OCH3 is 2. The molecule has 2 atom stereocenters. The zero-order valence-corrected chi connectivity index (χ0v) is 16.7. The van der Waals surface area contributed by atoms with Crippen LogP contribution in [-0.2, 0) is 19.4 Å². The average molecular weight is 408 g/mol. The van der Waals surface area contributed by atoms with Crippen molar-refractivity contribution in [2.75, 3.05) is 26.6 Å². The van der Waals surface area contributed by atoms with Gasteiger partial charge in [-0.05, 0) is 37.3 Å². The molecule has 0 aromatic heterocycles. The van der Waals surface area contributed by atoms with Crippen LogP contribution in [0.2, 0.25) is 0 Å². The van der Waals surface area contributed by atoms with E-state index >= 15 is 0 Å². The number of aliphatic hydroxyl groups is 1. The molecule has 2 aromatic rings. The largest absolute Gasteiger partial charge is 0.497 e. The monoisotopic (exact) mass is 408 g/mol. The van der Waals surface area contributed by atoms with Gasteiger partial charge in [0, 0.05) is 11.3 Å². The normalized spacial score (nSPS) is 13.6. The summed E-state index contributed by atoms with van der Waals surface area (Å²) in [7, 11) is -1.40. The van der Waals surface area contributed by atoms with E-state index in [0.717, 1.165) is 12.7 Å². The number of esters is 1. The summed E-state index contributed by atoms with van der Waals surface area (Å²) in [6.07, 6.45) is 0. The zero-order chi connectivity index (χ0) is 20.9. The number of ether oxygens (including phenoxy) is 2. The smallest absolute Gasteiger partial charge is 0.325 e. The fraction of sp³-hybridized carbons (Fsp3) is 0.316. The molecule has 0 fully saturated rings. The van der Waals surface area contributed by atoms with Crippen LogP contribution in [0.3, 0.4) is 0 Å². The number of sulfone groups is 1. The van der Waals surface area contributed by atoms with Gasteiger partial charge in [0.15, 0.2) is 9.84 Å². The van der Waals surface area contributed by atoms with Crippen molar-refractivity contribution in [3.8, 4) is 5.75 Å². The zero-order valence-electron chi connectivity index (χ0n) is 15.9. The summed E-state index contributed by atoms with van der Waals surface area (Å²) >= 11 is 0. The molecule has 152 valence electrons. The van der Waals surface area contributed by atoms with E-state index in [0.29, 0.717) is 5.75 Å². The van der Waals surface area contributed by atoms with Crippen molar-refractivity contribution < 1.29 is 27.8 Å². The van der Waals surface area contributed by atoms with Gasteiger partial charge in [-0.2, -0.15) is 0 Å². The topological polar surface area (TPSA) is 128 Å². The van der Waals surface area contributed by atoms with Crippen molar-refractivity contribution in [3.63, 3.8) is 0 Å². The first-order valence-corrected chi connectivity index (χ1v) is 9.98. The average Bonchev–Trinajstić information content (AvgIpc) is 2.70. The van der Waals surface area contributed by atoms with Gasteiger partial charge < -0.3 is 20.3 Å². The maximum Gasteiger partial charge on any atom is 0.325 e. The highest BCUT2D eigenvalue weighted by Gasteiger charge is 2.34. The van der Waals surface area contributed by atoms with Crippen molar-refractivity contribution in [2.24, 2.45) is 0 Å². The minimum atomic E-state index is -4.03. The molecule has 0 aliphatic heterocycles. The van der Waals surface area contributed by atoms with Crippen molar-refractivity contribution in [1.82, 2.24) is 5.32 Å². The molecule has 0 bridgehead atoms. The van der Waals surface area contributed by atoms with Crippen molar-refractivity contribution in [1.29, 1.82) is 0 Å². The van der Waals surface area contributed by atoms with Crippen molar-refractivity contribution in [3.05, 3.63) is 53.6 Å². The summed E-state index contributed by atoms with van der Waals surface area (Å²) in [5.41, 5.74) is 7.34. The van der Waals surface area contributed by atoms with E-state index in [4.69, 9.17) is 10.5 Å². The molecule has 8 nitrogen and oxygen atoms in total. The molecular weight excluding hydrogens is 384 g/mol. The molecule has 2 unspecified atom stereocenters. The lowest BCUT2D eigenvalue weighted by Crippen LogP contribution is -2.45. The Labute approximate surface area is 164 Å². The fourth-order valence-corrected chi connectivity index (χ4v) is 4.36. The summed E-state index contributed by atoms with van der Waals surface area (Å²) < 4.78 is 36.4. The number of nitrogens with one attached hydrogen (secondary N) is 1. The Hall–Kier alpha value is -2.62. The van der Waals surface area contributed by atoms with E-state index < -0.39 is 33.8 Å². The standard InChI is InChI=1S/C19H24N2O6S/c1-12-4-9-16(20)15(10-12)18(21-17(11-22)19(23)27-3)28(24,25)14-7-5-13(26-2)6-8-14/h4-10,17-18,21-22H,11,20H2,1-3H3. The Morgan fingerprint density at radius 1 is 1.18 bits per heavy atom. The van der Waals surface area contributed by atoms with E-state index in [1.807, 2.05) is 0 Å². The molecule has 28 heavy (non-hydrogen) atoms. The lowest BCUT2D eigenvalue weighted by atomic mass is 10.1. The first-order chi connectivity index (χ1) is 13.2. The van der Waals surface area contributed by atoms with E-state index in [2.05, 4.69) is 10.1 Å². The number of nitrogen functional groups attached to an aromatic ring is 1. The molecule has 0 amide bonds. The van der Waals surface area contributed by atoms with Crippen molar-refractivity contribution >= 4 is 21.5 Å². The lowest BCUT2D eigenvalue weighted by molar-refractivity contribution is -0.144. The van der Waals surface area contributed by atoms with Gasteiger partial charge in [-0.1, -0.05) is 17.7 Å². The van der Waals surface area contributed by atoms with E-state index in [1.54, 1.807) is 25.1 Å². The minimum absolute atomic E-state index is 0.00765. The Balaban J connectivity index is 2.58. The second-order valence-electron chi connectivity index (χ2n) is 6.16. The van der Waals surface area contributed by atoms with Gasteiger partial charge in [-0.25, -0.2) is 8.42 Å². The Kier molecular flexibility index (Phi) is 7.00. The quantitative estimate of drug-likeness (QED) is 0.439. The predicted molar refractivity (Wildman–Crippen MR) is 105 cm³/mol. The van der Waals surface area contributed by atoms with Gasteiger partial charge in [0.2, 0.25) is 0 Å². The van der Waals surface area contributed by atoms with Crippen LogP contribution in [0.1, 0.15) is 16.5 Å². The van der Waals surface area contributed by atoms with Gasteiger partial charge in [0.25, 0.3) is 0 Å². The Morgan fingerprint density at radius 2 is 1.82 bits per heavy atom.